The van der Waals surface area contributed by atoms with Gasteiger partial charge in [-0.05, 0) is 64.9 Å². The lowest BCUT2D eigenvalue weighted by Crippen LogP contribution is -2.17. The van der Waals surface area contributed by atoms with Crippen LogP contribution in [0.25, 0.3) is 10.8 Å². The van der Waals surface area contributed by atoms with Gasteiger partial charge in [-0.2, -0.15) is 5.10 Å². The Labute approximate surface area is 196 Å². The fourth-order valence-electron chi connectivity index (χ4n) is 3.38. The minimum absolute atomic E-state index is 0.264. The highest BCUT2D eigenvalue weighted by Gasteiger charge is 2.13. The van der Waals surface area contributed by atoms with Crippen molar-refractivity contribution in [3.8, 4) is 17.2 Å². The lowest BCUT2D eigenvalue weighted by Gasteiger charge is -2.10. The number of hydrazone groups is 1. The molecule has 0 bridgehead atoms. The molecule has 0 aromatic heterocycles. The molecular weight excluding hydrogens is 432 g/mol. The number of carbonyl (C=O) groups excluding carboxylic acids is 2. The van der Waals surface area contributed by atoms with Crippen LogP contribution in [-0.2, 0) is 0 Å². The minimum Gasteiger partial charge on any atom is -0.497 e. The van der Waals surface area contributed by atoms with E-state index < -0.39 is 5.97 Å². The third-order valence-electron chi connectivity index (χ3n) is 5.13. The minimum atomic E-state index is -0.523. The van der Waals surface area contributed by atoms with Gasteiger partial charge in [-0.15, -0.1) is 0 Å². The molecule has 0 radical (unpaired) electrons. The molecular formula is C27H22N2O5. The quantitative estimate of drug-likeness (QED) is 0.187. The van der Waals surface area contributed by atoms with E-state index in [0.717, 1.165) is 10.8 Å². The van der Waals surface area contributed by atoms with Crippen molar-refractivity contribution in [1.29, 1.82) is 0 Å². The zero-order valence-corrected chi connectivity index (χ0v) is 18.6. The van der Waals surface area contributed by atoms with Gasteiger partial charge >= 0.3 is 5.97 Å². The number of carbonyl (C=O) groups is 2. The standard InChI is InChI=1S/C27H22N2O5/c1-32-21-13-11-20(12-14-21)27(31)34-24-15-10-18(16-25(24)33-2)17-28-29-26(30)23-9-5-7-19-6-3-4-8-22(19)23/h3-17H,1-2H3,(H,29,30)/b28-17+. The molecule has 7 heteroatoms. The summed E-state index contributed by atoms with van der Waals surface area (Å²) >= 11 is 0. The second-order valence-corrected chi connectivity index (χ2v) is 7.25. The third-order valence-corrected chi connectivity index (χ3v) is 5.13. The largest absolute Gasteiger partial charge is 0.497 e. The Morgan fingerprint density at radius 2 is 1.59 bits per heavy atom. The number of hydrogen-bond donors (Lipinski definition) is 1. The molecule has 0 aliphatic rings. The Morgan fingerprint density at radius 1 is 0.824 bits per heavy atom. The van der Waals surface area contributed by atoms with E-state index in [4.69, 9.17) is 14.2 Å². The van der Waals surface area contributed by atoms with E-state index in [2.05, 4.69) is 10.5 Å². The maximum atomic E-state index is 12.6. The third kappa shape index (κ3) is 5.05. The summed E-state index contributed by atoms with van der Waals surface area (Å²) in [6, 6.07) is 24.7. The van der Waals surface area contributed by atoms with E-state index >= 15 is 0 Å². The van der Waals surface area contributed by atoms with Gasteiger partial charge in [-0.3, -0.25) is 4.79 Å². The molecule has 0 heterocycles. The van der Waals surface area contributed by atoms with E-state index in [1.54, 1.807) is 55.6 Å². The van der Waals surface area contributed by atoms with Crippen molar-refractivity contribution in [3.05, 3.63) is 102 Å². The Morgan fingerprint density at radius 3 is 2.35 bits per heavy atom. The van der Waals surface area contributed by atoms with Gasteiger partial charge in [0.1, 0.15) is 5.75 Å². The Hall–Kier alpha value is -4.65. The number of nitrogens with zero attached hydrogens (tertiary/aromatic N) is 1. The van der Waals surface area contributed by atoms with Crippen LogP contribution in [-0.4, -0.2) is 32.3 Å². The molecule has 0 saturated heterocycles. The molecule has 0 unspecified atom stereocenters. The predicted molar refractivity (Wildman–Crippen MR) is 130 cm³/mol. The maximum Gasteiger partial charge on any atom is 0.343 e. The second-order valence-electron chi connectivity index (χ2n) is 7.25. The molecule has 0 aliphatic carbocycles. The van der Waals surface area contributed by atoms with E-state index in [1.807, 2.05) is 36.4 Å². The Bertz CT molecular complexity index is 1360. The van der Waals surface area contributed by atoms with Crippen molar-refractivity contribution in [2.45, 2.75) is 0 Å². The summed E-state index contributed by atoms with van der Waals surface area (Å²) in [6.45, 7) is 0. The average Bonchev–Trinajstić information content (AvgIpc) is 2.89. The Balaban J connectivity index is 1.44. The first-order valence-corrected chi connectivity index (χ1v) is 10.4. The molecule has 4 rings (SSSR count). The van der Waals surface area contributed by atoms with Crippen LogP contribution < -0.4 is 19.6 Å². The second kappa shape index (κ2) is 10.3. The van der Waals surface area contributed by atoms with Gasteiger partial charge in [0.25, 0.3) is 5.91 Å². The SMILES string of the molecule is COc1ccc(C(=O)Oc2ccc(/C=N/NC(=O)c3cccc4ccccc34)cc2OC)cc1. The first-order valence-electron chi connectivity index (χ1n) is 10.4. The number of benzene rings is 4. The van der Waals surface area contributed by atoms with Crippen LogP contribution in [0.4, 0.5) is 0 Å². The average molecular weight is 454 g/mol. The van der Waals surface area contributed by atoms with Crippen LogP contribution >= 0.6 is 0 Å². The molecule has 4 aromatic rings. The number of methoxy groups -OCH3 is 2. The zero-order chi connectivity index (χ0) is 23.9. The molecule has 0 atom stereocenters. The van der Waals surface area contributed by atoms with Crippen molar-refractivity contribution in [2.75, 3.05) is 14.2 Å². The fourth-order valence-corrected chi connectivity index (χ4v) is 3.38. The zero-order valence-electron chi connectivity index (χ0n) is 18.6. The molecule has 0 saturated carbocycles. The van der Waals surface area contributed by atoms with Crippen molar-refractivity contribution in [1.82, 2.24) is 5.43 Å². The van der Waals surface area contributed by atoms with E-state index in [1.165, 1.54) is 13.3 Å². The maximum absolute atomic E-state index is 12.6. The van der Waals surface area contributed by atoms with Gasteiger partial charge in [0.05, 0.1) is 26.0 Å². The highest BCUT2D eigenvalue weighted by atomic mass is 16.6. The summed E-state index contributed by atoms with van der Waals surface area (Å²) in [6.07, 6.45) is 1.49. The monoisotopic (exact) mass is 454 g/mol. The molecule has 0 fully saturated rings. The number of hydrogen-bond acceptors (Lipinski definition) is 6. The first-order chi connectivity index (χ1) is 16.6. The number of ether oxygens (including phenoxy) is 3. The summed E-state index contributed by atoms with van der Waals surface area (Å²) in [4.78, 5) is 25.1. The van der Waals surface area contributed by atoms with Crippen molar-refractivity contribution >= 4 is 28.9 Å². The van der Waals surface area contributed by atoms with Gasteiger partial charge in [0.2, 0.25) is 0 Å². The van der Waals surface area contributed by atoms with Crippen LogP contribution in [0.3, 0.4) is 0 Å². The predicted octanol–water partition coefficient (Wildman–Crippen LogP) is 4.84. The highest BCUT2D eigenvalue weighted by molar-refractivity contribution is 6.07. The van der Waals surface area contributed by atoms with Crippen LogP contribution in [0.5, 0.6) is 17.2 Å². The molecule has 1 N–H and O–H groups in total. The van der Waals surface area contributed by atoms with Gasteiger partial charge in [0.15, 0.2) is 11.5 Å². The number of esters is 1. The smallest absolute Gasteiger partial charge is 0.343 e. The van der Waals surface area contributed by atoms with Crippen LogP contribution in [0.15, 0.2) is 90.0 Å². The summed E-state index contributed by atoms with van der Waals surface area (Å²) in [5, 5.41) is 5.88. The summed E-state index contributed by atoms with van der Waals surface area (Å²) in [5.41, 5.74) is 4.12. The lowest BCUT2D eigenvalue weighted by atomic mass is 10.0. The molecule has 4 aromatic carbocycles. The van der Waals surface area contributed by atoms with Crippen LogP contribution in [0, 0.1) is 0 Å². The fraction of sp³-hybridized carbons (Fsp3) is 0.0741. The van der Waals surface area contributed by atoms with Crippen molar-refractivity contribution in [3.63, 3.8) is 0 Å². The van der Waals surface area contributed by atoms with E-state index in [-0.39, 0.29) is 11.7 Å². The summed E-state index contributed by atoms with van der Waals surface area (Å²) < 4.78 is 15.9. The van der Waals surface area contributed by atoms with Gasteiger partial charge in [0, 0.05) is 5.56 Å². The molecule has 170 valence electrons. The van der Waals surface area contributed by atoms with Gasteiger partial charge in [-0.25, -0.2) is 10.2 Å². The molecule has 34 heavy (non-hydrogen) atoms. The lowest BCUT2D eigenvalue weighted by molar-refractivity contribution is 0.0729. The highest BCUT2D eigenvalue weighted by Crippen LogP contribution is 2.28. The number of nitrogens with one attached hydrogen (secondary N) is 1. The molecule has 1 amide bonds. The van der Waals surface area contributed by atoms with E-state index in [9.17, 15) is 9.59 Å². The van der Waals surface area contributed by atoms with E-state index in [0.29, 0.717) is 28.2 Å². The topological polar surface area (TPSA) is 86.2 Å². The molecule has 0 aliphatic heterocycles. The number of rotatable bonds is 7. The summed E-state index contributed by atoms with van der Waals surface area (Å²) in [7, 11) is 3.03. The van der Waals surface area contributed by atoms with Crippen LogP contribution in [0.1, 0.15) is 26.3 Å². The van der Waals surface area contributed by atoms with Crippen LogP contribution in [0.2, 0.25) is 0 Å². The van der Waals surface area contributed by atoms with Crippen molar-refractivity contribution in [2.24, 2.45) is 5.10 Å². The first kappa shape index (κ1) is 22.5. The number of fused-ring (bicyclic) bond motifs is 1. The molecule has 0 spiro atoms. The normalized spacial score (nSPS) is 10.8. The van der Waals surface area contributed by atoms with Gasteiger partial charge in [-0.1, -0.05) is 36.4 Å². The number of amides is 1. The Kier molecular flexibility index (Phi) is 6.84. The summed E-state index contributed by atoms with van der Waals surface area (Å²) in [5.74, 6) is 0.423. The molecule has 7 nitrogen and oxygen atoms in total. The van der Waals surface area contributed by atoms with Crippen molar-refractivity contribution < 1.29 is 23.8 Å². The van der Waals surface area contributed by atoms with Gasteiger partial charge < -0.3 is 14.2 Å².